The Morgan fingerprint density at radius 2 is 1.86 bits per heavy atom. The first-order valence-corrected chi connectivity index (χ1v) is 11.3. The summed E-state index contributed by atoms with van der Waals surface area (Å²) in [6.07, 6.45) is 4.55. The van der Waals surface area contributed by atoms with Crippen molar-refractivity contribution in [2.75, 3.05) is 0 Å². The second-order valence-corrected chi connectivity index (χ2v) is 8.94. The van der Waals surface area contributed by atoms with Gasteiger partial charge in [0.1, 0.15) is 5.78 Å². The molecule has 0 radical (unpaired) electrons. The third-order valence-electron chi connectivity index (χ3n) is 5.82. The summed E-state index contributed by atoms with van der Waals surface area (Å²) in [4.78, 5) is 30.6. The van der Waals surface area contributed by atoms with Crippen molar-refractivity contribution in [3.8, 4) is 5.69 Å². The number of aromatic nitrogens is 2. The highest BCUT2D eigenvalue weighted by atomic mass is 32.2. The maximum absolute atomic E-state index is 13.4. The van der Waals surface area contributed by atoms with E-state index >= 15 is 0 Å². The Balaban J connectivity index is 1.83. The van der Waals surface area contributed by atoms with Gasteiger partial charge >= 0.3 is 0 Å². The van der Waals surface area contributed by atoms with Crippen LogP contribution >= 0.6 is 11.8 Å². The monoisotopic (exact) mass is 406 g/mol. The zero-order valence-electron chi connectivity index (χ0n) is 16.9. The molecular weight excluding hydrogens is 380 g/mol. The Kier molecular flexibility index (Phi) is 5.86. The summed E-state index contributed by atoms with van der Waals surface area (Å²) in [5, 5.41) is 1.07. The van der Waals surface area contributed by atoms with Gasteiger partial charge in [0.25, 0.3) is 5.56 Å². The molecule has 1 heterocycles. The number of Topliss-reactive ketones (excluding diaryl/α,β-unsaturated/α-hetero) is 1. The summed E-state index contributed by atoms with van der Waals surface area (Å²) in [6.45, 7) is 4.38. The van der Waals surface area contributed by atoms with Crippen LogP contribution < -0.4 is 5.56 Å². The van der Waals surface area contributed by atoms with Crippen LogP contribution in [0.4, 0.5) is 0 Å². The zero-order chi connectivity index (χ0) is 20.4. The smallest absolute Gasteiger partial charge is 0.266 e. The van der Waals surface area contributed by atoms with E-state index in [4.69, 9.17) is 4.98 Å². The van der Waals surface area contributed by atoms with E-state index in [1.807, 2.05) is 36.4 Å². The van der Waals surface area contributed by atoms with E-state index in [0.717, 1.165) is 31.4 Å². The standard InChI is InChI=1S/C24H26N2O2S/c1-3-16(2)17-12-14-18(15-13-17)26-23(28)19-8-4-5-9-20(19)25-24(26)29-22-11-7-6-10-21(22)27/h4-5,8-9,12-16,22H,3,6-7,10-11H2,1-2H3/t16-,22+/m0/s1. The summed E-state index contributed by atoms with van der Waals surface area (Å²) in [5.41, 5.74) is 2.65. The van der Waals surface area contributed by atoms with Crippen LogP contribution in [-0.2, 0) is 4.79 Å². The highest BCUT2D eigenvalue weighted by molar-refractivity contribution is 8.00. The number of nitrogens with zero attached hydrogens (tertiary/aromatic N) is 2. The highest BCUT2D eigenvalue weighted by Crippen LogP contribution is 2.32. The highest BCUT2D eigenvalue weighted by Gasteiger charge is 2.26. The molecule has 0 bridgehead atoms. The van der Waals surface area contributed by atoms with E-state index < -0.39 is 0 Å². The number of rotatable bonds is 5. The quantitative estimate of drug-likeness (QED) is 0.525. The minimum Gasteiger partial charge on any atom is -0.298 e. The first kappa shape index (κ1) is 19.9. The molecule has 2 atom stereocenters. The average molecular weight is 407 g/mol. The van der Waals surface area contributed by atoms with E-state index in [9.17, 15) is 9.59 Å². The van der Waals surface area contributed by atoms with Crippen molar-refractivity contribution < 1.29 is 4.79 Å². The summed E-state index contributed by atoms with van der Waals surface area (Å²) in [7, 11) is 0. The van der Waals surface area contributed by atoms with Crippen LogP contribution in [0.5, 0.6) is 0 Å². The van der Waals surface area contributed by atoms with Crippen LogP contribution in [0.15, 0.2) is 58.5 Å². The van der Waals surface area contributed by atoms with E-state index in [1.54, 1.807) is 4.57 Å². The van der Waals surface area contributed by atoms with Crippen LogP contribution in [0.3, 0.4) is 0 Å². The number of hydrogen-bond acceptors (Lipinski definition) is 4. The lowest BCUT2D eigenvalue weighted by Gasteiger charge is -2.21. The molecule has 1 aromatic heterocycles. The van der Waals surface area contributed by atoms with Crippen molar-refractivity contribution in [3.05, 3.63) is 64.4 Å². The Bertz CT molecular complexity index is 1090. The minimum absolute atomic E-state index is 0.0855. The normalized spacial score (nSPS) is 18.1. The number of para-hydroxylation sites is 1. The van der Waals surface area contributed by atoms with Gasteiger partial charge < -0.3 is 0 Å². The van der Waals surface area contributed by atoms with Crippen molar-refractivity contribution in [1.82, 2.24) is 9.55 Å². The predicted octanol–water partition coefficient (Wildman–Crippen LogP) is 5.50. The topological polar surface area (TPSA) is 52.0 Å². The molecule has 4 rings (SSSR count). The van der Waals surface area contributed by atoms with Crippen molar-refractivity contribution >= 4 is 28.4 Å². The van der Waals surface area contributed by atoms with E-state index in [2.05, 4.69) is 26.0 Å². The van der Waals surface area contributed by atoms with Gasteiger partial charge in [-0.3, -0.25) is 14.2 Å². The number of benzene rings is 2. The maximum Gasteiger partial charge on any atom is 0.266 e. The van der Waals surface area contributed by atoms with E-state index in [0.29, 0.717) is 28.4 Å². The van der Waals surface area contributed by atoms with E-state index in [-0.39, 0.29) is 16.6 Å². The molecule has 150 valence electrons. The van der Waals surface area contributed by atoms with Gasteiger partial charge in [0.15, 0.2) is 5.16 Å². The summed E-state index contributed by atoms with van der Waals surface area (Å²) < 4.78 is 1.68. The molecular formula is C24H26N2O2S. The maximum atomic E-state index is 13.4. The molecule has 1 aliphatic carbocycles. The average Bonchev–Trinajstić information content (AvgIpc) is 2.75. The number of thioether (sulfide) groups is 1. The van der Waals surface area contributed by atoms with Crippen LogP contribution in [0.1, 0.15) is 57.4 Å². The molecule has 0 amide bonds. The van der Waals surface area contributed by atoms with Gasteiger partial charge in [-0.2, -0.15) is 0 Å². The van der Waals surface area contributed by atoms with Crippen molar-refractivity contribution in [2.45, 2.75) is 62.3 Å². The molecule has 0 spiro atoms. The molecule has 5 heteroatoms. The lowest BCUT2D eigenvalue weighted by molar-refractivity contribution is -0.119. The fourth-order valence-corrected chi connectivity index (χ4v) is 5.04. The first-order valence-electron chi connectivity index (χ1n) is 10.4. The second-order valence-electron chi connectivity index (χ2n) is 7.77. The lowest BCUT2D eigenvalue weighted by atomic mass is 9.98. The molecule has 0 unspecified atom stereocenters. The summed E-state index contributed by atoms with van der Waals surface area (Å²) in [5.74, 6) is 0.742. The van der Waals surface area contributed by atoms with Crippen LogP contribution in [0, 0.1) is 0 Å². The second kappa shape index (κ2) is 8.54. The van der Waals surface area contributed by atoms with Gasteiger partial charge in [-0.1, -0.05) is 56.3 Å². The molecule has 1 fully saturated rings. The Labute approximate surface area is 175 Å². The molecule has 4 nitrogen and oxygen atoms in total. The number of hydrogen-bond donors (Lipinski definition) is 0. The SMILES string of the molecule is CC[C@H](C)c1ccc(-n2c(S[C@@H]3CCCCC3=O)nc3ccccc3c2=O)cc1. The summed E-state index contributed by atoms with van der Waals surface area (Å²) in [6, 6.07) is 15.6. The van der Waals surface area contributed by atoms with Gasteiger partial charge in [-0.15, -0.1) is 0 Å². The molecule has 1 aliphatic rings. The number of carbonyl (C=O) groups is 1. The molecule has 0 N–H and O–H groups in total. The minimum atomic E-state index is -0.123. The zero-order valence-corrected chi connectivity index (χ0v) is 17.7. The molecule has 0 saturated heterocycles. The van der Waals surface area contributed by atoms with Gasteiger partial charge in [0, 0.05) is 6.42 Å². The number of carbonyl (C=O) groups excluding carboxylic acids is 1. The largest absolute Gasteiger partial charge is 0.298 e. The molecule has 3 aromatic rings. The van der Waals surface area contributed by atoms with Crippen LogP contribution in [0.2, 0.25) is 0 Å². The molecule has 2 aromatic carbocycles. The lowest BCUT2D eigenvalue weighted by Crippen LogP contribution is -2.26. The van der Waals surface area contributed by atoms with Gasteiger partial charge in [-0.05, 0) is 55.0 Å². The van der Waals surface area contributed by atoms with Gasteiger partial charge in [0.05, 0.1) is 21.8 Å². The fourth-order valence-electron chi connectivity index (χ4n) is 3.81. The predicted molar refractivity (Wildman–Crippen MR) is 119 cm³/mol. The third kappa shape index (κ3) is 4.01. The Morgan fingerprint density at radius 1 is 1.10 bits per heavy atom. The van der Waals surface area contributed by atoms with Crippen LogP contribution in [0.25, 0.3) is 16.6 Å². The third-order valence-corrected chi connectivity index (χ3v) is 7.09. The molecule has 1 saturated carbocycles. The van der Waals surface area contributed by atoms with Gasteiger partial charge in [-0.25, -0.2) is 4.98 Å². The van der Waals surface area contributed by atoms with Crippen molar-refractivity contribution in [1.29, 1.82) is 0 Å². The Morgan fingerprint density at radius 3 is 2.59 bits per heavy atom. The van der Waals surface area contributed by atoms with Gasteiger partial charge in [0.2, 0.25) is 0 Å². The number of ketones is 1. The van der Waals surface area contributed by atoms with Crippen molar-refractivity contribution in [3.63, 3.8) is 0 Å². The number of fused-ring (bicyclic) bond motifs is 1. The molecule has 0 aliphatic heterocycles. The van der Waals surface area contributed by atoms with Crippen molar-refractivity contribution in [2.24, 2.45) is 0 Å². The van der Waals surface area contributed by atoms with Crippen LogP contribution in [-0.4, -0.2) is 20.6 Å². The fraction of sp³-hybridized carbons (Fsp3) is 0.375. The Hall–Kier alpha value is -2.40. The first-order chi connectivity index (χ1) is 14.1. The summed E-state index contributed by atoms with van der Waals surface area (Å²) >= 11 is 1.44. The molecule has 29 heavy (non-hydrogen) atoms. The van der Waals surface area contributed by atoms with E-state index in [1.165, 1.54) is 17.3 Å².